The Labute approximate surface area is 107 Å². The van der Waals surface area contributed by atoms with Crippen molar-refractivity contribution in [2.45, 2.75) is 58.2 Å². The van der Waals surface area contributed by atoms with Gasteiger partial charge in [0.2, 0.25) is 5.91 Å². The molecule has 4 N–H and O–H groups in total. The van der Waals surface area contributed by atoms with Gasteiger partial charge in [0.1, 0.15) is 18.3 Å². The zero-order valence-electron chi connectivity index (χ0n) is 11.3. The predicted octanol–water partition coefficient (Wildman–Crippen LogP) is -0.981. The maximum absolute atomic E-state index is 11.9. The average Bonchev–Trinajstić information content (AvgIpc) is 2.27. The number of ether oxygens (including phenoxy) is 1. The minimum absolute atomic E-state index is 0.225. The standard InChI is InChI=1S/C12H23NO5/c1-6-8(13-11(17)12(2,3)4)10(16)9(15)7(5-14)18-6/h6-10,14-16H,5H2,1-4H3,(H,13,17)/t6-,7+,8-,9-,10+/m0/s1. The SMILES string of the molecule is C[C@@H]1O[C@H](CO)[C@H](O)[C@H](O)[C@H]1NC(=O)C(C)(C)C. The normalized spacial score (nSPS) is 37.4. The fourth-order valence-electron chi connectivity index (χ4n) is 1.87. The minimum Gasteiger partial charge on any atom is -0.394 e. The van der Waals surface area contributed by atoms with Crippen LogP contribution >= 0.6 is 0 Å². The van der Waals surface area contributed by atoms with Crippen molar-refractivity contribution in [3.8, 4) is 0 Å². The Bertz CT molecular complexity index is 301. The summed E-state index contributed by atoms with van der Waals surface area (Å²) in [6.45, 7) is 6.59. The third kappa shape index (κ3) is 3.20. The van der Waals surface area contributed by atoms with Gasteiger partial charge in [-0.05, 0) is 6.92 Å². The van der Waals surface area contributed by atoms with E-state index in [1.807, 2.05) is 0 Å². The lowest BCUT2D eigenvalue weighted by molar-refractivity contribution is -0.191. The molecule has 6 heteroatoms. The number of aliphatic hydroxyl groups excluding tert-OH is 3. The maximum atomic E-state index is 11.9. The number of hydrogen-bond donors (Lipinski definition) is 4. The summed E-state index contributed by atoms with van der Waals surface area (Å²) in [6.07, 6.45) is -3.67. The molecule has 1 aliphatic heterocycles. The molecule has 1 fully saturated rings. The number of amides is 1. The molecule has 5 atom stereocenters. The molecule has 0 unspecified atom stereocenters. The fraction of sp³-hybridized carbons (Fsp3) is 0.917. The van der Waals surface area contributed by atoms with Crippen molar-refractivity contribution >= 4 is 5.91 Å². The highest BCUT2D eigenvalue weighted by Gasteiger charge is 2.43. The zero-order chi connectivity index (χ0) is 14.1. The Morgan fingerprint density at radius 1 is 1.28 bits per heavy atom. The Morgan fingerprint density at radius 3 is 2.28 bits per heavy atom. The van der Waals surface area contributed by atoms with Crippen molar-refractivity contribution in [3.05, 3.63) is 0 Å². The molecule has 1 saturated heterocycles. The molecule has 0 radical (unpaired) electrons. The number of rotatable bonds is 2. The van der Waals surface area contributed by atoms with E-state index in [9.17, 15) is 15.0 Å². The second-order valence-corrected chi connectivity index (χ2v) is 5.79. The van der Waals surface area contributed by atoms with Gasteiger partial charge in [-0.15, -0.1) is 0 Å². The molecule has 0 aromatic rings. The van der Waals surface area contributed by atoms with Gasteiger partial charge in [0.05, 0.1) is 18.8 Å². The molecule has 18 heavy (non-hydrogen) atoms. The van der Waals surface area contributed by atoms with Crippen LogP contribution in [0.3, 0.4) is 0 Å². The lowest BCUT2D eigenvalue weighted by Gasteiger charge is -2.42. The van der Waals surface area contributed by atoms with E-state index in [1.165, 1.54) is 0 Å². The highest BCUT2D eigenvalue weighted by molar-refractivity contribution is 5.81. The molecule has 0 aliphatic carbocycles. The first-order chi connectivity index (χ1) is 8.18. The van der Waals surface area contributed by atoms with Crippen LogP contribution < -0.4 is 5.32 Å². The van der Waals surface area contributed by atoms with Gasteiger partial charge in [-0.1, -0.05) is 20.8 Å². The smallest absolute Gasteiger partial charge is 0.225 e. The van der Waals surface area contributed by atoms with E-state index in [1.54, 1.807) is 27.7 Å². The van der Waals surface area contributed by atoms with E-state index in [4.69, 9.17) is 9.84 Å². The van der Waals surface area contributed by atoms with Crippen LogP contribution in [0.25, 0.3) is 0 Å². The van der Waals surface area contributed by atoms with Crippen molar-refractivity contribution in [1.82, 2.24) is 5.32 Å². The summed E-state index contributed by atoms with van der Waals surface area (Å²) in [5, 5.41) is 31.4. The number of carbonyl (C=O) groups excluding carboxylic acids is 1. The molecule has 6 nitrogen and oxygen atoms in total. The third-order valence-electron chi connectivity index (χ3n) is 3.15. The monoisotopic (exact) mass is 261 g/mol. The van der Waals surface area contributed by atoms with Crippen molar-refractivity contribution in [2.75, 3.05) is 6.61 Å². The summed E-state index contributed by atoms with van der Waals surface area (Å²) in [4.78, 5) is 11.9. The molecular weight excluding hydrogens is 238 g/mol. The summed E-state index contributed by atoms with van der Waals surface area (Å²) in [7, 11) is 0. The van der Waals surface area contributed by atoms with Crippen LogP contribution in [0.1, 0.15) is 27.7 Å². The Hall–Kier alpha value is -0.690. The predicted molar refractivity (Wildman–Crippen MR) is 64.8 cm³/mol. The molecule has 1 amide bonds. The molecule has 106 valence electrons. The molecule has 0 aromatic heterocycles. The highest BCUT2D eigenvalue weighted by Crippen LogP contribution is 2.22. The fourth-order valence-corrected chi connectivity index (χ4v) is 1.87. The number of hydrogen-bond acceptors (Lipinski definition) is 5. The molecule has 1 rings (SSSR count). The molecule has 1 heterocycles. The van der Waals surface area contributed by atoms with Gasteiger partial charge in [-0.3, -0.25) is 4.79 Å². The van der Waals surface area contributed by atoms with E-state index in [0.717, 1.165) is 0 Å². The van der Waals surface area contributed by atoms with Gasteiger partial charge in [0, 0.05) is 5.41 Å². The molecule has 0 aromatic carbocycles. The molecular formula is C12H23NO5. The van der Waals surface area contributed by atoms with Gasteiger partial charge in [0.15, 0.2) is 0 Å². The van der Waals surface area contributed by atoms with Gasteiger partial charge in [0.25, 0.3) is 0 Å². The lowest BCUT2D eigenvalue weighted by atomic mass is 9.90. The topological polar surface area (TPSA) is 99.0 Å². The van der Waals surface area contributed by atoms with Gasteiger partial charge < -0.3 is 25.4 Å². The van der Waals surface area contributed by atoms with E-state index in [2.05, 4.69) is 5.32 Å². The Kier molecular flexibility index (Phi) is 4.72. The van der Waals surface area contributed by atoms with Crippen molar-refractivity contribution in [2.24, 2.45) is 5.41 Å². The van der Waals surface area contributed by atoms with Crippen molar-refractivity contribution in [1.29, 1.82) is 0 Å². The quantitative estimate of drug-likeness (QED) is 0.512. The van der Waals surface area contributed by atoms with E-state index in [0.29, 0.717) is 0 Å². The number of aliphatic hydroxyl groups is 3. The first kappa shape index (κ1) is 15.4. The summed E-state index contributed by atoms with van der Waals surface area (Å²) < 4.78 is 5.37. The van der Waals surface area contributed by atoms with Crippen molar-refractivity contribution in [3.63, 3.8) is 0 Å². The highest BCUT2D eigenvalue weighted by atomic mass is 16.5. The summed E-state index contributed by atoms with van der Waals surface area (Å²) >= 11 is 0. The lowest BCUT2D eigenvalue weighted by Crippen LogP contribution is -2.64. The first-order valence-corrected chi connectivity index (χ1v) is 6.12. The average molecular weight is 261 g/mol. The largest absolute Gasteiger partial charge is 0.394 e. The summed E-state index contributed by atoms with van der Waals surface area (Å²) in [6, 6.07) is -0.686. The maximum Gasteiger partial charge on any atom is 0.225 e. The van der Waals surface area contributed by atoms with E-state index >= 15 is 0 Å². The van der Waals surface area contributed by atoms with Gasteiger partial charge in [-0.2, -0.15) is 0 Å². The number of carbonyl (C=O) groups is 1. The van der Waals surface area contributed by atoms with Crippen LogP contribution in [-0.2, 0) is 9.53 Å². The van der Waals surface area contributed by atoms with Gasteiger partial charge in [-0.25, -0.2) is 0 Å². The second kappa shape index (κ2) is 5.52. The second-order valence-electron chi connectivity index (χ2n) is 5.79. The summed E-state index contributed by atoms with van der Waals surface area (Å²) in [5.74, 6) is -0.225. The Balaban J connectivity index is 2.74. The zero-order valence-corrected chi connectivity index (χ0v) is 11.3. The molecule has 0 bridgehead atoms. The first-order valence-electron chi connectivity index (χ1n) is 6.12. The van der Waals surface area contributed by atoms with Crippen LogP contribution in [0.5, 0.6) is 0 Å². The molecule has 1 aliphatic rings. The van der Waals surface area contributed by atoms with Gasteiger partial charge >= 0.3 is 0 Å². The van der Waals surface area contributed by atoms with E-state index in [-0.39, 0.29) is 12.5 Å². The Morgan fingerprint density at radius 2 is 1.83 bits per heavy atom. The molecule has 0 saturated carbocycles. The van der Waals surface area contributed by atoms with Crippen molar-refractivity contribution < 1.29 is 24.9 Å². The van der Waals surface area contributed by atoms with Crippen LogP contribution in [0.4, 0.5) is 0 Å². The third-order valence-corrected chi connectivity index (χ3v) is 3.15. The minimum atomic E-state index is -1.21. The van der Waals surface area contributed by atoms with Crippen LogP contribution in [0.15, 0.2) is 0 Å². The number of nitrogens with one attached hydrogen (secondary N) is 1. The molecule has 0 spiro atoms. The van der Waals surface area contributed by atoms with Crippen LogP contribution in [-0.4, -0.2) is 58.3 Å². The van der Waals surface area contributed by atoms with Crippen LogP contribution in [0.2, 0.25) is 0 Å². The van der Waals surface area contributed by atoms with Crippen LogP contribution in [0, 0.1) is 5.41 Å². The summed E-state index contributed by atoms with van der Waals surface area (Å²) in [5.41, 5.74) is -0.585. The van der Waals surface area contributed by atoms with E-state index < -0.39 is 35.9 Å².